The number of rotatable bonds is 5. The predicted octanol–water partition coefficient (Wildman–Crippen LogP) is -1.37. The Hall–Kier alpha value is -2.20. The number of ether oxygens (including phenoxy) is 4. The molecule has 0 aliphatic carbocycles. The van der Waals surface area contributed by atoms with E-state index in [0.29, 0.717) is 0 Å². The van der Waals surface area contributed by atoms with Crippen molar-refractivity contribution in [3.8, 4) is 0 Å². The average molecular weight is 347 g/mol. The van der Waals surface area contributed by atoms with Gasteiger partial charge in [-0.15, -0.1) is 0 Å². The molecule has 1 amide bonds. The Kier molecular flexibility index (Phi) is 7.11. The highest BCUT2D eigenvalue weighted by molar-refractivity contribution is 5.73. The van der Waals surface area contributed by atoms with Gasteiger partial charge in [-0.05, 0) is 0 Å². The van der Waals surface area contributed by atoms with Crippen molar-refractivity contribution in [1.29, 1.82) is 0 Å². The Balaban J connectivity index is 3.11. The molecule has 0 radical (unpaired) electrons. The van der Waals surface area contributed by atoms with Crippen molar-refractivity contribution in [2.45, 2.75) is 58.3 Å². The number of aliphatic hydroxyl groups excluding tert-OH is 1. The first-order valence-electron chi connectivity index (χ1n) is 7.20. The zero-order chi connectivity index (χ0) is 18.4. The van der Waals surface area contributed by atoms with Crippen LogP contribution >= 0.6 is 0 Å². The van der Waals surface area contributed by atoms with Gasteiger partial charge < -0.3 is 29.4 Å². The van der Waals surface area contributed by atoms with Crippen LogP contribution in [0.5, 0.6) is 0 Å². The van der Waals surface area contributed by atoms with Gasteiger partial charge in [0.05, 0.1) is 0 Å². The maximum atomic E-state index is 11.4. The van der Waals surface area contributed by atoms with E-state index >= 15 is 0 Å². The summed E-state index contributed by atoms with van der Waals surface area (Å²) >= 11 is 0. The van der Waals surface area contributed by atoms with E-state index in [1.165, 1.54) is 13.8 Å². The van der Waals surface area contributed by atoms with Crippen molar-refractivity contribution >= 4 is 23.8 Å². The molecule has 2 N–H and O–H groups in total. The van der Waals surface area contributed by atoms with E-state index in [9.17, 15) is 24.3 Å². The Morgan fingerprint density at radius 1 is 0.958 bits per heavy atom. The SMILES string of the molecule is CC(=O)N[C@H]1[C@H](OC(C)=O)[C@H](OC(C)=O)[C@H](COC(C)=O)O[C@@H]1O. The third-order valence-corrected chi connectivity index (χ3v) is 3.09. The van der Waals surface area contributed by atoms with Crippen LogP contribution in [0.3, 0.4) is 0 Å². The summed E-state index contributed by atoms with van der Waals surface area (Å²) in [7, 11) is 0. The van der Waals surface area contributed by atoms with Gasteiger partial charge in [-0.3, -0.25) is 19.2 Å². The maximum Gasteiger partial charge on any atom is 0.303 e. The minimum atomic E-state index is -1.56. The van der Waals surface area contributed by atoms with Crippen LogP contribution in [0.15, 0.2) is 0 Å². The van der Waals surface area contributed by atoms with E-state index in [4.69, 9.17) is 18.9 Å². The van der Waals surface area contributed by atoms with Crippen molar-refractivity contribution in [2.75, 3.05) is 6.61 Å². The van der Waals surface area contributed by atoms with E-state index in [-0.39, 0.29) is 6.61 Å². The number of carbonyl (C=O) groups excluding carboxylic acids is 4. The molecule has 1 fully saturated rings. The van der Waals surface area contributed by atoms with Crippen molar-refractivity contribution in [1.82, 2.24) is 5.32 Å². The zero-order valence-electron chi connectivity index (χ0n) is 13.8. The Morgan fingerprint density at radius 2 is 1.50 bits per heavy atom. The van der Waals surface area contributed by atoms with Gasteiger partial charge in [0.2, 0.25) is 5.91 Å². The number of esters is 3. The lowest BCUT2D eigenvalue weighted by Crippen LogP contribution is -2.66. The fourth-order valence-corrected chi connectivity index (χ4v) is 2.31. The summed E-state index contributed by atoms with van der Waals surface area (Å²) in [5.41, 5.74) is 0. The van der Waals surface area contributed by atoms with E-state index in [2.05, 4.69) is 5.32 Å². The number of hydrogen-bond acceptors (Lipinski definition) is 9. The van der Waals surface area contributed by atoms with Gasteiger partial charge in [-0.2, -0.15) is 0 Å². The first-order chi connectivity index (χ1) is 11.1. The molecule has 1 heterocycles. The topological polar surface area (TPSA) is 137 Å². The molecule has 1 aliphatic heterocycles. The summed E-state index contributed by atoms with van der Waals surface area (Å²) in [5, 5.41) is 12.5. The molecule has 0 aromatic rings. The van der Waals surface area contributed by atoms with Crippen LogP contribution in [0.25, 0.3) is 0 Å². The molecule has 10 nitrogen and oxygen atoms in total. The van der Waals surface area contributed by atoms with Gasteiger partial charge in [0.25, 0.3) is 0 Å². The van der Waals surface area contributed by atoms with Crippen molar-refractivity contribution in [2.24, 2.45) is 0 Å². The maximum absolute atomic E-state index is 11.4. The Morgan fingerprint density at radius 3 is 1.96 bits per heavy atom. The summed E-state index contributed by atoms with van der Waals surface area (Å²) in [6.45, 7) is 4.28. The molecular formula is C14H21NO9. The monoisotopic (exact) mass is 347 g/mol. The Bertz CT molecular complexity index is 506. The van der Waals surface area contributed by atoms with Gasteiger partial charge in [0, 0.05) is 27.7 Å². The van der Waals surface area contributed by atoms with E-state index in [1.54, 1.807) is 0 Å². The van der Waals surface area contributed by atoms with Crippen LogP contribution in [0.4, 0.5) is 0 Å². The summed E-state index contributed by atoms with van der Waals surface area (Å²) < 4.78 is 20.3. The molecule has 136 valence electrons. The molecule has 0 aromatic heterocycles. The van der Waals surface area contributed by atoms with Gasteiger partial charge in [0.15, 0.2) is 18.5 Å². The van der Waals surface area contributed by atoms with Crippen molar-refractivity contribution in [3.05, 3.63) is 0 Å². The van der Waals surface area contributed by atoms with Crippen LogP contribution in [0, 0.1) is 0 Å². The number of nitrogens with one attached hydrogen (secondary N) is 1. The van der Waals surface area contributed by atoms with Crippen LogP contribution in [-0.4, -0.2) is 66.2 Å². The lowest BCUT2D eigenvalue weighted by molar-refractivity contribution is -0.264. The van der Waals surface area contributed by atoms with Crippen molar-refractivity contribution in [3.63, 3.8) is 0 Å². The van der Waals surface area contributed by atoms with Gasteiger partial charge in [-0.25, -0.2) is 0 Å². The molecule has 10 heteroatoms. The molecule has 1 rings (SSSR count). The van der Waals surface area contributed by atoms with Gasteiger partial charge in [0.1, 0.15) is 18.8 Å². The van der Waals surface area contributed by atoms with Crippen LogP contribution in [0.2, 0.25) is 0 Å². The highest BCUT2D eigenvalue weighted by Crippen LogP contribution is 2.26. The minimum Gasteiger partial charge on any atom is -0.463 e. The Labute approximate surface area is 138 Å². The molecule has 0 unspecified atom stereocenters. The first-order valence-corrected chi connectivity index (χ1v) is 7.20. The smallest absolute Gasteiger partial charge is 0.303 e. The van der Waals surface area contributed by atoms with Gasteiger partial charge >= 0.3 is 17.9 Å². The van der Waals surface area contributed by atoms with Crippen LogP contribution in [-0.2, 0) is 38.1 Å². The quantitative estimate of drug-likeness (QED) is 0.456. The second-order valence-corrected chi connectivity index (χ2v) is 5.24. The standard InChI is InChI=1S/C14H21NO9/c1-6(16)15-11-13(23-9(4)19)12(22-8(3)18)10(24-14(11)20)5-21-7(2)17/h10-14,20H,5H2,1-4H3,(H,15,16)/t10-,11-,12+,13-,14-/m0/s1. The molecule has 0 saturated carbocycles. The number of carbonyl (C=O) groups is 4. The molecular weight excluding hydrogens is 326 g/mol. The molecule has 0 bridgehead atoms. The van der Waals surface area contributed by atoms with Gasteiger partial charge in [-0.1, -0.05) is 0 Å². The van der Waals surface area contributed by atoms with Crippen LogP contribution < -0.4 is 5.32 Å². The summed E-state index contributed by atoms with van der Waals surface area (Å²) in [6, 6.07) is -1.16. The summed E-state index contributed by atoms with van der Waals surface area (Å²) in [5.74, 6) is -2.54. The lowest BCUT2D eigenvalue weighted by atomic mass is 9.96. The molecule has 0 spiro atoms. The fraction of sp³-hybridized carbons (Fsp3) is 0.714. The molecule has 1 saturated heterocycles. The second-order valence-electron chi connectivity index (χ2n) is 5.24. The van der Waals surface area contributed by atoms with E-state index in [0.717, 1.165) is 13.8 Å². The third kappa shape index (κ3) is 5.78. The normalized spacial score (nSPS) is 29.3. The second kappa shape index (κ2) is 8.60. The first kappa shape index (κ1) is 19.8. The fourth-order valence-electron chi connectivity index (χ4n) is 2.31. The molecule has 24 heavy (non-hydrogen) atoms. The zero-order valence-corrected chi connectivity index (χ0v) is 13.8. The minimum absolute atomic E-state index is 0.338. The third-order valence-electron chi connectivity index (χ3n) is 3.09. The van der Waals surface area contributed by atoms with Crippen LogP contribution in [0.1, 0.15) is 27.7 Å². The molecule has 1 aliphatic rings. The summed E-state index contributed by atoms with van der Waals surface area (Å²) in [6.07, 6.45) is -5.06. The molecule has 0 aromatic carbocycles. The lowest BCUT2D eigenvalue weighted by Gasteiger charge is -2.43. The van der Waals surface area contributed by atoms with Crippen molar-refractivity contribution < 1.29 is 43.2 Å². The summed E-state index contributed by atoms with van der Waals surface area (Å²) in [4.78, 5) is 45.0. The highest BCUT2D eigenvalue weighted by atomic mass is 16.7. The number of hydrogen-bond donors (Lipinski definition) is 2. The van der Waals surface area contributed by atoms with E-state index in [1.807, 2.05) is 0 Å². The largest absolute Gasteiger partial charge is 0.463 e. The number of amides is 1. The predicted molar refractivity (Wildman–Crippen MR) is 76.2 cm³/mol. The average Bonchev–Trinajstić information content (AvgIpc) is 2.42. The number of aliphatic hydroxyl groups is 1. The molecule has 5 atom stereocenters. The highest BCUT2D eigenvalue weighted by Gasteiger charge is 2.50. The van der Waals surface area contributed by atoms with E-state index < -0.39 is 54.5 Å².